The summed E-state index contributed by atoms with van der Waals surface area (Å²) in [5.74, 6) is -0.183. The number of nitrogens with one attached hydrogen (secondary N) is 1. The van der Waals surface area contributed by atoms with E-state index >= 15 is 0 Å². The Morgan fingerprint density at radius 2 is 1.62 bits per heavy atom. The maximum atomic E-state index is 13.8. The molecule has 0 unspecified atom stereocenters. The van der Waals surface area contributed by atoms with E-state index in [4.69, 9.17) is 0 Å². The fraction of sp³-hybridized carbons (Fsp3) is 0.333. The highest BCUT2D eigenvalue weighted by molar-refractivity contribution is 5.47. The quantitative estimate of drug-likeness (QED) is 0.864. The van der Waals surface area contributed by atoms with Crippen LogP contribution in [0, 0.1) is 5.82 Å². The summed E-state index contributed by atoms with van der Waals surface area (Å²) < 4.78 is 13.8. The molecule has 0 saturated heterocycles. The van der Waals surface area contributed by atoms with Crippen molar-refractivity contribution in [3.05, 3.63) is 65.5 Å². The lowest BCUT2D eigenvalue weighted by molar-refractivity contribution is 0.585. The third-order valence-electron chi connectivity index (χ3n) is 3.49. The number of halogens is 1. The molecule has 1 N–H and O–H groups in total. The van der Waals surface area contributed by atoms with Crippen LogP contribution in [0.2, 0.25) is 0 Å². The molecule has 0 amide bonds. The predicted molar refractivity (Wildman–Crippen MR) is 86.9 cm³/mol. The summed E-state index contributed by atoms with van der Waals surface area (Å²) >= 11 is 0. The van der Waals surface area contributed by atoms with Crippen molar-refractivity contribution < 1.29 is 4.39 Å². The Bertz CT molecular complexity index is 581. The van der Waals surface area contributed by atoms with Gasteiger partial charge in [0, 0.05) is 26.2 Å². The van der Waals surface area contributed by atoms with Gasteiger partial charge in [0.15, 0.2) is 0 Å². The summed E-state index contributed by atoms with van der Waals surface area (Å²) in [4.78, 5) is 1.95. The van der Waals surface area contributed by atoms with Gasteiger partial charge >= 0.3 is 0 Å². The van der Waals surface area contributed by atoms with Crippen molar-refractivity contribution >= 4 is 5.69 Å². The minimum atomic E-state index is -0.183. The van der Waals surface area contributed by atoms with Crippen molar-refractivity contribution in [2.75, 3.05) is 11.9 Å². The van der Waals surface area contributed by atoms with E-state index in [0.29, 0.717) is 18.3 Å². The fourth-order valence-electron chi connectivity index (χ4n) is 2.30. The van der Waals surface area contributed by atoms with Gasteiger partial charge in [-0.15, -0.1) is 0 Å². The molecule has 0 saturated carbocycles. The molecule has 0 aromatic heterocycles. The van der Waals surface area contributed by atoms with Gasteiger partial charge in [-0.1, -0.05) is 50.2 Å². The van der Waals surface area contributed by atoms with E-state index in [1.165, 1.54) is 17.2 Å². The normalized spacial score (nSPS) is 10.9. The first-order valence-electron chi connectivity index (χ1n) is 7.33. The van der Waals surface area contributed by atoms with Crippen LogP contribution in [0.3, 0.4) is 0 Å². The minimum Gasteiger partial charge on any atom is -0.368 e. The highest BCUT2D eigenvalue weighted by Gasteiger charge is 2.09. The standard InChI is InChI=1S/C18H23FN2/c1-14(2)20-12-15-8-4-5-9-16(15)13-21(3)18-11-7-6-10-17(18)19/h4-11,14,20H,12-13H2,1-3H3. The molecule has 21 heavy (non-hydrogen) atoms. The molecule has 0 radical (unpaired) electrons. The van der Waals surface area contributed by atoms with Crippen molar-refractivity contribution in [2.24, 2.45) is 0 Å². The fourth-order valence-corrected chi connectivity index (χ4v) is 2.30. The maximum absolute atomic E-state index is 13.8. The van der Waals surface area contributed by atoms with Gasteiger partial charge in [-0.25, -0.2) is 4.39 Å². The molecular formula is C18H23FN2. The van der Waals surface area contributed by atoms with E-state index in [-0.39, 0.29) is 5.82 Å². The molecule has 112 valence electrons. The van der Waals surface area contributed by atoms with E-state index < -0.39 is 0 Å². The molecule has 0 aliphatic rings. The van der Waals surface area contributed by atoms with Crippen molar-refractivity contribution in [3.8, 4) is 0 Å². The van der Waals surface area contributed by atoms with E-state index in [0.717, 1.165) is 6.54 Å². The first kappa shape index (κ1) is 15.5. The van der Waals surface area contributed by atoms with Crippen molar-refractivity contribution in [2.45, 2.75) is 33.0 Å². The Labute approximate surface area is 126 Å². The summed E-state index contributed by atoms with van der Waals surface area (Å²) in [5.41, 5.74) is 3.11. The summed E-state index contributed by atoms with van der Waals surface area (Å²) in [6.07, 6.45) is 0. The molecule has 2 nitrogen and oxygen atoms in total. The lowest BCUT2D eigenvalue weighted by atomic mass is 10.1. The minimum absolute atomic E-state index is 0.183. The van der Waals surface area contributed by atoms with Gasteiger partial charge in [0.25, 0.3) is 0 Å². The first-order chi connectivity index (χ1) is 10.1. The van der Waals surface area contributed by atoms with Gasteiger partial charge in [0.2, 0.25) is 0 Å². The number of rotatable bonds is 6. The van der Waals surface area contributed by atoms with Crippen molar-refractivity contribution in [3.63, 3.8) is 0 Å². The number of para-hydroxylation sites is 1. The Kier molecular flexibility index (Phi) is 5.34. The van der Waals surface area contributed by atoms with Crippen molar-refractivity contribution in [1.82, 2.24) is 5.32 Å². The van der Waals surface area contributed by atoms with Crippen LogP contribution in [0.15, 0.2) is 48.5 Å². The van der Waals surface area contributed by atoms with Gasteiger partial charge in [-0.3, -0.25) is 0 Å². The highest BCUT2D eigenvalue weighted by atomic mass is 19.1. The topological polar surface area (TPSA) is 15.3 Å². The first-order valence-corrected chi connectivity index (χ1v) is 7.33. The molecule has 0 aliphatic carbocycles. The van der Waals surface area contributed by atoms with Crippen molar-refractivity contribution in [1.29, 1.82) is 0 Å². The van der Waals surface area contributed by atoms with E-state index in [1.807, 2.05) is 36.2 Å². The maximum Gasteiger partial charge on any atom is 0.146 e. The number of hydrogen-bond donors (Lipinski definition) is 1. The van der Waals surface area contributed by atoms with Gasteiger partial charge in [0.05, 0.1) is 5.69 Å². The molecule has 0 atom stereocenters. The lowest BCUT2D eigenvalue weighted by Crippen LogP contribution is -2.24. The van der Waals surface area contributed by atoms with Crippen LogP contribution in [0.25, 0.3) is 0 Å². The molecule has 0 aliphatic heterocycles. The molecule has 2 rings (SSSR count). The number of nitrogens with zero attached hydrogens (tertiary/aromatic N) is 1. The Morgan fingerprint density at radius 3 is 2.29 bits per heavy atom. The van der Waals surface area contributed by atoms with Crippen LogP contribution in [0.4, 0.5) is 10.1 Å². The predicted octanol–water partition coefficient (Wildman–Crippen LogP) is 3.96. The Morgan fingerprint density at radius 1 is 1.00 bits per heavy atom. The second-order valence-corrected chi connectivity index (χ2v) is 5.61. The van der Waals surface area contributed by atoms with Crippen LogP contribution >= 0.6 is 0 Å². The van der Waals surface area contributed by atoms with Crippen LogP contribution in [0.5, 0.6) is 0 Å². The molecule has 0 spiro atoms. The third-order valence-corrected chi connectivity index (χ3v) is 3.49. The number of anilines is 1. The van der Waals surface area contributed by atoms with E-state index in [2.05, 4.69) is 31.3 Å². The largest absolute Gasteiger partial charge is 0.368 e. The van der Waals surface area contributed by atoms with E-state index in [9.17, 15) is 4.39 Å². The molecule has 0 fully saturated rings. The average Bonchev–Trinajstić information content (AvgIpc) is 2.46. The summed E-state index contributed by atoms with van der Waals surface area (Å²) in [6, 6.07) is 15.6. The summed E-state index contributed by atoms with van der Waals surface area (Å²) in [5, 5.41) is 3.43. The van der Waals surface area contributed by atoms with Crippen LogP contribution in [0.1, 0.15) is 25.0 Å². The highest BCUT2D eigenvalue weighted by Crippen LogP contribution is 2.20. The lowest BCUT2D eigenvalue weighted by Gasteiger charge is -2.22. The molecule has 2 aromatic rings. The van der Waals surface area contributed by atoms with Gasteiger partial charge in [0.1, 0.15) is 5.82 Å². The van der Waals surface area contributed by atoms with Gasteiger partial charge in [-0.05, 0) is 23.3 Å². The van der Waals surface area contributed by atoms with Gasteiger partial charge in [-0.2, -0.15) is 0 Å². The second kappa shape index (κ2) is 7.23. The summed E-state index contributed by atoms with van der Waals surface area (Å²) in [7, 11) is 1.92. The number of benzene rings is 2. The summed E-state index contributed by atoms with van der Waals surface area (Å²) in [6.45, 7) is 5.79. The molecule has 3 heteroatoms. The SMILES string of the molecule is CC(C)NCc1ccccc1CN(C)c1ccccc1F. The molecule has 0 heterocycles. The Balaban J connectivity index is 2.14. The smallest absolute Gasteiger partial charge is 0.146 e. The average molecular weight is 286 g/mol. The van der Waals surface area contributed by atoms with Gasteiger partial charge < -0.3 is 10.2 Å². The second-order valence-electron chi connectivity index (χ2n) is 5.61. The Hall–Kier alpha value is -1.87. The molecule has 2 aromatic carbocycles. The third kappa shape index (κ3) is 4.30. The monoisotopic (exact) mass is 286 g/mol. The molecule has 0 bridgehead atoms. The zero-order chi connectivity index (χ0) is 15.2. The number of hydrogen-bond acceptors (Lipinski definition) is 2. The zero-order valence-electron chi connectivity index (χ0n) is 12.9. The van der Waals surface area contributed by atoms with Crippen LogP contribution in [-0.2, 0) is 13.1 Å². The van der Waals surface area contributed by atoms with Crippen LogP contribution < -0.4 is 10.2 Å². The van der Waals surface area contributed by atoms with E-state index in [1.54, 1.807) is 6.07 Å². The molecular weight excluding hydrogens is 263 g/mol. The zero-order valence-corrected chi connectivity index (χ0v) is 12.9. The van der Waals surface area contributed by atoms with Crippen LogP contribution in [-0.4, -0.2) is 13.1 Å².